The van der Waals surface area contributed by atoms with E-state index in [0.717, 1.165) is 11.3 Å². The third kappa shape index (κ3) is 1.46. The molecule has 14 heavy (non-hydrogen) atoms. The van der Waals surface area contributed by atoms with E-state index >= 15 is 0 Å². The lowest BCUT2D eigenvalue weighted by Gasteiger charge is -2.05. The Morgan fingerprint density at radius 3 is 2.64 bits per heavy atom. The van der Waals surface area contributed by atoms with Crippen LogP contribution in [0.4, 0.5) is 5.95 Å². The van der Waals surface area contributed by atoms with Crippen LogP contribution in [0.5, 0.6) is 0 Å². The van der Waals surface area contributed by atoms with E-state index in [1.54, 1.807) is 11.0 Å². The fourth-order valence-electron chi connectivity index (χ4n) is 1.45. The fourth-order valence-corrected chi connectivity index (χ4v) is 1.45. The summed E-state index contributed by atoms with van der Waals surface area (Å²) in [4.78, 5) is 3.89. The third-order valence-electron chi connectivity index (χ3n) is 2.11. The molecule has 0 fully saturated rings. The Kier molecular flexibility index (Phi) is 1.96. The molecular weight excluding hydrogens is 176 g/mol. The second-order valence-corrected chi connectivity index (χ2v) is 3.34. The van der Waals surface area contributed by atoms with Crippen LogP contribution in [0, 0.1) is 13.8 Å². The Bertz CT molecular complexity index is 459. The van der Waals surface area contributed by atoms with Crippen LogP contribution in [0.3, 0.4) is 0 Å². The van der Waals surface area contributed by atoms with Gasteiger partial charge >= 0.3 is 0 Å². The number of benzene rings is 1. The molecule has 0 bridgehead atoms. The van der Waals surface area contributed by atoms with Gasteiger partial charge in [0.1, 0.15) is 6.33 Å². The van der Waals surface area contributed by atoms with E-state index in [-0.39, 0.29) is 0 Å². The lowest BCUT2D eigenvalue weighted by Crippen LogP contribution is -1.98. The van der Waals surface area contributed by atoms with Crippen molar-refractivity contribution in [1.82, 2.24) is 14.8 Å². The molecule has 0 saturated carbocycles. The van der Waals surface area contributed by atoms with Gasteiger partial charge in [0.15, 0.2) is 0 Å². The van der Waals surface area contributed by atoms with Gasteiger partial charge in [-0.3, -0.25) is 0 Å². The Labute approximate surface area is 82.4 Å². The van der Waals surface area contributed by atoms with Crippen LogP contribution in [0.1, 0.15) is 11.1 Å². The lowest BCUT2D eigenvalue weighted by atomic mass is 10.1. The van der Waals surface area contributed by atoms with E-state index in [9.17, 15) is 0 Å². The Morgan fingerprint density at radius 1 is 1.29 bits per heavy atom. The van der Waals surface area contributed by atoms with E-state index in [1.807, 2.05) is 19.1 Å². The first kappa shape index (κ1) is 8.74. The molecule has 1 heterocycles. The third-order valence-corrected chi connectivity index (χ3v) is 2.11. The molecule has 2 N–H and O–H groups in total. The molecule has 2 rings (SSSR count). The zero-order valence-corrected chi connectivity index (χ0v) is 8.23. The van der Waals surface area contributed by atoms with E-state index in [0.29, 0.717) is 5.95 Å². The molecule has 1 aromatic carbocycles. The Hall–Kier alpha value is -1.84. The van der Waals surface area contributed by atoms with Gasteiger partial charge in [-0.2, -0.15) is 0 Å². The van der Waals surface area contributed by atoms with Crippen LogP contribution in [-0.4, -0.2) is 14.8 Å². The Morgan fingerprint density at radius 2 is 2.07 bits per heavy atom. The molecule has 0 radical (unpaired) electrons. The summed E-state index contributed by atoms with van der Waals surface area (Å²) >= 11 is 0. The predicted molar refractivity (Wildman–Crippen MR) is 55.2 cm³/mol. The van der Waals surface area contributed by atoms with Crippen LogP contribution in [0.25, 0.3) is 5.69 Å². The highest BCUT2D eigenvalue weighted by molar-refractivity contribution is 5.42. The van der Waals surface area contributed by atoms with E-state index in [4.69, 9.17) is 5.73 Å². The number of aromatic nitrogens is 3. The minimum atomic E-state index is 0.296. The molecule has 0 amide bonds. The average molecular weight is 188 g/mol. The summed E-state index contributed by atoms with van der Waals surface area (Å²) in [5, 5.41) is 4.05. The second-order valence-electron chi connectivity index (χ2n) is 3.34. The molecule has 0 aliphatic heterocycles. The molecule has 72 valence electrons. The highest BCUT2D eigenvalue weighted by Crippen LogP contribution is 2.14. The maximum absolute atomic E-state index is 5.45. The lowest BCUT2D eigenvalue weighted by molar-refractivity contribution is 0.874. The minimum absolute atomic E-state index is 0.296. The molecule has 0 aliphatic rings. The van der Waals surface area contributed by atoms with Crippen molar-refractivity contribution in [3.63, 3.8) is 0 Å². The molecule has 0 spiro atoms. The number of hydrogen-bond donors (Lipinski definition) is 1. The SMILES string of the molecule is Cc1ccc(-n2cnc(N)n2)c(C)c1. The van der Waals surface area contributed by atoms with Crippen LogP contribution in [0.15, 0.2) is 24.5 Å². The van der Waals surface area contributed by atoms with Crippen LogP contribution in [-0.2, 0) is 0 Å². The van der Waals surface area contributed by atoms with Gasteiger partial charge in [-0.1, -0.05) is 17.7 Å². The summed E-state index contributed by atoms with van der Waals surface area (Å²) in [5.74, 6) is 0.296. The summed E-state index contributed by atoms with van der Waals surface area (Å²) in [5.41, 5.74) is 8.86. The number of hydrogen-bond acceptors (Lipinski definition) is 3. The fraction of sp³-hybridized carbons (Fsp3) is 0.200. The summed E-state index contributed by atoms with van der Waals surface area (Å²) in [6.45, 7) is 4.10. The van der Waals surface area contributed by atoms with E-state index < -0.39 is 0 Å². The number of aryl methyl sites for hydroxylation is 2. The number of nitrogen functional groups attached to an aromatic ring is 1. The van der Waals surface area contributed by atoms with E-state index in [2.05, 4.69) is 23.1 Å². The summed E-state index contributed by atoms with van der Waals surface area (Å²) in [6.07, 6.45) is 1.62. The van der Waals surface area contributed by atoms with Gasteiger partial charge in [0.2, 0.25) is 5.95 Å². The standard InChI is InChI=1S/C10H12N4/c1-7-3-4-9(8(2)5-7)14-6-12-10(11)13-14/h3-6H,1-2H3,(H2,11,13). The maximum atomic E-state index is 5.45. The van der Waals surface area contributed by atoms with Crippen molar-refractivity contribution in [3.8, 4) is 5.69 Å². The maximum Gasteiger partial charge on any atom is 0.239 e. The predicted octanol–water partition coefficient (Wildman–Crippen LogP) is 1.47. The van der Waals surface area contributed by atoms with Crippen molar-refractivity contribution in [2.45, 2.75) is 13.8 Å². The Balaban J connectivity index is 2.52. The van der Waals surface area contributed by atoms with Crippen LogP contribution >= 0.6 is 0 Å². The van der Waals surface area contributed by atoms with Gasteiger partial charge in [0.25, 0.3) is 0 Å². The smallest absolute Gasteiger partial charge is 0.239 e. The number of nitrogens with two attached hydrogens (primary N) is 1. The van der Waals surface area contributed by atoms with Crippen molar-refractivity contribution >= 4 is 5.95 Å². The van der Waals surface area contributed by atoms with Crippen molar-refractivity contribution in [2.24, 2.45) is 0 Å². The highest BCUT2D eigenvalue weighted by Gasteiger charge is 2.02. The molecule has 2 aromatic rings. The average Bonchev–Trinajstić information content (AvgIpc) is 2.51. The first-order valence-electron chi connectivity index (χ1n) is 4.41. The summed E-state index contributed by atoms with van der Waals surface area (Å²) < 4.78 is 1.68. The van der Waals surface area contributed by atoms with Crippen molar-refractivity contribution in [3.05, 3.63) is 35.7 Å². The largest absolute Gasteiger partial charge is 0.366 e. The first-order chi connectivity index (χ1) is 6.66. The van der Waals surface area contributed by atoms with Crippen molar-refractivity contribution < 1.29 is 0 Å². The van der Waals surface area contributed by atoms with Gasteiger partial charge in [-0.05, 0) is 25.5 Å². The molecule has 0 atom stereocenters. The van der Waals surface area contributed by atoms with Crippen molar-refractivity contribution in [2.75, 3.05) is 5.73 Å². The monoisotopic (exact) mass is 188 g/mol. The van der Waals surface area contributed by atoms with Gasteiger partial charge in [-0.25, -0.2) is 9.67 Å². The van der Waals surface area contributed by atoms with Gasteiger partial charge < -0.3 is 5.73 Å². The molecule has 0 aliphatic carbocycles. The van der Waals surface area contributed by atoms with Crippen LogP contribution < -0.4 is 5.73 Å². The number of anilines is 1. The molecule has 4 nitrogen and oxygen atoms in total. The zero-order valence-electron chi connectivity index (χ0n) is 8.23. The quantitative estimate of drug-likeness (QED) is 0.737. The molecular formula is C10H12N4. The summed E-state index contributed by atoms with van der Waals surface area (Å²) in [6, 6.07) is 6.16. The molecule has 1 aromatic heterocycles. The van der Waals surface area contributed by atoms with Gasteiger partial charge in [0.05, 0.1) is 5.69 Å². The molecule has 4 heteroatoms. The van der Waals surface area contributed by atoms with Crippen LogP contribution in [0.2, 0.25) is 0 Å². The first-order valence-corrected chi connectivity index (χ1v) is 4.41. The second kappa shape index (κ2) is 3.14. The zero-order chi connectivity index (χ0) is 10.1. The normalized spacial score (nSPS) is 10.4. The number of nitrogens with zero attached hydrogens (tertiary/aromatic N) is 3. The highest BCUT2D eigenvalue weighted by atomic mass is 15.4. The van der Waals surface area contributed by atoms with Gasteiger partial charge in [-0.15, -0.1) is 5.10 Å². The minimum Gasteiger partial charge on any atom is -0.366 e. The number of rotatable bonds is 1. The molecule has 0 saturated heterocycles. The molecule has 0 unspecified atom stereocenters. The topological polar surface area (TPSA) is 56.7 Å². The summed E-state index contributed by atoms with van der Waals surface area (Å²) in [7, 11) is 0. The van der Waals surface area contributed by atoms with Crippen molar-refractivity contribution in [1.29, 1.82) is 0 Å². The van der Waals surface area contributed by atoms with Gasteiger partial charge in [0, 0.05) is 0 Å². The van der Waals surface area contributed by atoms with E-state index in [1.165, 1.54) is 5.56 Å².